The van der Waals surface area contributed by atoms with Crippen molar-refractivity contribution < 1.29 is 9.90 Å². The molecule has 1 heterocycles. The largest absolute Gasteiger partial charge is 0.478 e. The van der Waals surface area contributed by atoms with Crippen molar-refractivity contribution in [2.24, 2.45) is 0 Å². The zero-order chi connectivity index (χ0) is 11.8. The standard InChI is InChI=1S/C12H11N3O2/c16-12(17)9-3-1-2-8(6-9)11-13-10(14-15-11)7-4-5-7/h1-3,6-7H,4-5H2,(H,16,17)(H,13,14,15). The maximum absolute atomic E-state index is 10.9. The molecule has 1 aliphatic rings. The SMILES string of the molecule is O=C(O)c1cccc(-c2n[nH]c(C3CC3)n2)c1. The van der Waals surface area contributed by atoms with Gasteiger partial charge in [0, 0.05) is 11.5 Å². The Balaban J connectivity index is 1.96. The molecule has 5 nitrogen and oxygen atoms in total. The molecule has 0 unspecified atom stereocenters. The van der Waals surface area contributed by atoms with Crippen molar-refractivity contribution in [3.63, 3.8) is 0 Å². The highest BCUT2D eigenvalue weighted by atomic mass is 16.4. The van der Waals surface area contributed by atoms with Crippen molar-refractivity contribution >= 4 is 5.97 Å². The third-order valence-corrected chi connectivity index (χ3v) is 2.83. The van der Waals surface area contributed by atoms with Crippen LogP contribution in [0.25, 0.3) is 11.4 Å². The molecule has 3 rings (SSSR count). The number of hydrogen-bond acceptors (Lipinski definition) is 3. The van der Waals surface area contributed by atoms with E-state index in [9.17, 15) is 4.79 Å². The number of H-pyrrole nitrogens is 1. The Morgan fingerprint density at radius 1 is 1.41 bits per heavy atom. The minimum absolute atomic E-state index is 0.250. The molecule has 5 heteroatoms. The fraction of sp³-hybridized carbons (Fsp3) is 0.250. The number of hydrogen-bond donors (Lipinski definition) is 2. The van der Waals surface area contributed by atoms with Crippen LogP contribution in [0.5, 0.6) is 0 Å². The summed E-state index contributed by atoms with van der Waals surface area (Å²) in [7, 11) is 0. The maximum atomic E-state index is 10.9. The second-order valence-electron chi connectivity index (χ2n) is 4.20. The van der Waals surface area contributed by atoms with E-state index < -0.39 is 5.97 Å². The zero-order valence-corrected chi connectivity index (χ0v) is 9.05. The van der Waals surface area contributed by atoms with Crippen LogP contribution in [-0.4, -0.2) is 26.3 Å². The molecule has 0 radical (unpaired) electrons. The number of rotatable bonds is 3. The quantitative estimate of drug-likeness (QED) is 0.844. The van der Waals surface area contributed by atoms with E-state index in [0.29, 0.717) is 11.7 Å². The summed E-state index contributed by atoms with van der Waals surface area (Å²) in [5.41, 5.74) is 0.980. The summed E-state index contributed by atoms with van der Waals surface area (Å²) in [5.74, 6) is 1.04. The summed E-state index contributed by atoms with van der Waals surface area (Å²) in [6, 6.07) is 6.65. The highest BCUT2D eigenvalue weighted by Gasteiger charge is 2.27. The lowest BCUT2D eigenvalue weighted by atomic mass is 10.1. The average molecular weight is 229 g/mol. The predicted octanol–water partition coefficient (Wildman–Crippen LogP) is 2.05. The van der Waals surface area contributed by atoms with Crippen molar-refractivity contribution in [1.29, 1.82) is 0 Å². The van der Waals surface area contributed by atoms with Gasteiger partial charge in [0.1, 0.15) is 5.82 Å². The van der Waals surface area contributed by atoms with Crippen molar-refractivity contribution in [2.75, 3.05) is 0 Å². The maximum Gasteiger partial charge on any atom is 0.335 e. The number of nitrogens with zero attached hydrogens (tertiary/aromatic N) is 2. The first-order valence-electron chi connectivity index (χ1n) is 5.50. The van der Waals surface area contributed by atoms with E-state index in [2.05, 4.69) is 15.2 Å². The number of aromatic nitrogens is 3. The Bertz CT molecular complexity index is 573. The monoisotopic (exact) mass is 229 g/mol. The fourth-order valence-electron chi connectivity index (χ4n) is 1.73. The highest BCUT2D eigenvalue weighted by molar-refractivity contribution is 5.89. The smallest absolute Gasteiger partial charge is 0.335 e. The van der Waals surface area contributed by atoms with E-state index in [4.69, 9.17) is 5.11 Å². The van der Waals surface area contributed by atoms with E-state index in [1.807, 2.05) is 6.07 Å². The molecule has 86 valence electrons. The average Bonchev–Trinajstić information content (AvgIpc) is 3.07. The summed E-state index contributed by atoms with van der Waals surface area (Å²) < 4.78 is 0. The second-order valence-corrected chi connectivity index (χ2v) is 4.20. The molecule has 1 fully saturated rings. The zero-order valence-electron chi connectivity index (χ0n) is 9.05. The van der Waals surface area contributed by atoms with Crippen LogP contribution < -0.4 is 0 Å². The van der Waals surface area contributed by atoms with Crippen molar-refractivity contribution in [3.05, 3.63) is 35.7 Å². The number of benzene rings is 1. The van der Waals surface area contributed by atoms with Gasteiger partial charge in [0.2, 0.25) is 0 Å². The third kappa shape index (κ3) is 1.91. The van der Waals surface area contributed by atoms with Crippen molar-refractivity contribution in [2.45, 2.75) is 18.8 Å². The second kappa shape index (κ2) is 3.69. The Morgan fingerprint density at radius 3 is 2.94 bits per heavy atom. The normalized spacial score (nSPS) is 14.8. The lowest BCUT2D eigenvalue weighted by Gasteiger charge is -1.97. The minimum Gasteiger partial charge on any atom is -0.478 e. The van der Waals surface area contributed by atoms with Crippen molar-refractivity contribution in [1.82, 2.24) is 15.2 Å². The predicted molar refractivity (Wildman–Crippen MR) is 60.8 cm³/mol. The molecule has 1 saturated carbocycles. The van der Waals surface area contributed by atoms with Crippen molar-refractivity contribution in [3.8, 4) is 11.4 Å². The molecule has 1 aromatic heterocycles. The number of aromatic carboxylic acids is 1. The highest BCUT2D eigenvalue weighted by Crippen LogP contribution is 2.38. The van der Waals surface area contributed by atoms with Gasteiger partial charge in [-0.3, -0.25) is 5.10 Å². The fourth-order valence-corrected chi connectivity index (χ4v) is 1.73. The van der Waals surface area contributed by atoms with Crippen LogP contribution >= 0.6 is 0 Å². The lowest BCUT2D eigenvalue weighted by molar-refractivity contribution is 0.0697. The van der Waals surface area contributed by atoms with E-state index in [1.54, 1.807) is 18.2 Å². The van der Waals surface area contributed by atoms with Crippen LogP contribution in [-0.2, 0) is 0 Å². The molecule has 2 N–H and O–H groups in total. The number of carbonyl (C=O) groups is 1. The van der Waals surface area contributed by atoms with Gasteiger partial charge in [0.15, 0.2) is 5.82 Å². The topological polar surface area (TPSA) is 78.9 Å². The van der Waals surface area contributed by atoms with E-state index >= 15 is 0 Å². The Hall–Kier alpha value is -2.17. The minimum atomic E-state index is -0.940. The first kappa shape index (κ1) is 10.0. The van der Waals surface area contributed by atoms with Gasteiger partial charge in [-0.1, -0.05) is 12.1 Å². The van der Waals surface area contributed by atoms with Crippen LogP contribution in [0, 0.1) is 0 Å². The summed E-state index contributed by atoms with van der Waals surface area (Å²) >= 11 is 0. The van der Waals surface area contributed by atoms with E-state index in [1.165, 1.54) is 0 Å². The third-order valence-electron chi connectivity index (χ3n) is 2.83. The molecule has 0 aliphatic heterocycles. The Labute approximate surface area is 97.5 Å². The molecule has 0 amide bonds. The van der Waals surface area contributed by atoms with Gasteiger partial charge in [0.25, 0.3) is 0 Å². The van der Waals surface area contributed by atoms with Gasteiger partial charge in [0.05, 0.1) is 5.56 Å². The van der Waals surface area contributed by atoms with Crippen LogP contribution in [0.1, 0.15) is 34.9 Å². The van der Waals surface area contributed by atoms with Gasteiger partial charge < -0.3 is 5.11 Å². The molecular weight excluding hydrogens is 218 g/mol. The summed E-state index contributed by atoms with van der Waals surface area (Å²) in [6.45, 7) is 0. The van der Waals surface area contributed by atoms with E-state index in [0.717, 1.165) is 24.2 Å². The van der Waals surface area contributed by atoms with Crippen LogP contribution in [0.3, 0.4) is 0 Å². The molecule has 17 heavy (non-hydrogen) atoms. The molecule has 1 aromatic carbocycles. The number of carboxylic acids is 1. The van der Waals surface area contributed by atoms with Crippen LogP contribution in [0.15, 0.2) is 24.3 Å². The summed E-state index contributed by atoms with van der Waals surface area (Å²) in [6.07, 6.45) is 2.31. The number of aromatic amines is 1. The Kier molecular flexibility index (Phi) is 2.18. The molecule has 1 aliphatic carbocycles. The molecule has 0 spiro atoms. The first-order chi connectivity index (χ1) is 8.24. The molecule has 0 atom stereocenters. The number of nitrogens with one attached hydrogen (secondary N) is 1. The van der Waals surface area contributed by atoms with E-state index in [-0.39, 0.29) is 5.56 Å². The van der Waals surface area contributed by atoms with Gasteiger partial charge in [-0.15, -0.1) is 0 Å². The van der Waals surface area contributed by atoms with Crippen LogP contribution in [0.4, 0.5) is 0 Å². The molecule has 0 bridgehead atoms. The number of carboxylic acid groups (broad SMARTS) is 1. The molecule has 2 aromatic rings. The molecule has 0 saturated heterocycles. The van der Waals surface area contributed by atoms with Gasteiger partial charge in [-0.25, -0.2) is 9.78 Å². The lowest BCUT2D eigenvalue weighted by Crippen LogP contribution is -1.96. The first-order valence-corrected chi connectivity index (χ1v) is 5.50. The Morgan fingerprint density at radius 2 is 2.24 bits per heavy atom. The van der Waals surface area contributed by atoms with Crippen LogP contribution in [0.2, 0.25) is 0 Å². The summed E-state index contributed by atoms with van der Waals surface area (Å²) in [5, 5.41) is 15.9. The summed E-state index contributed by atoms with van der Waals surface area (Å²) in [4.78, 5) is 15.2. The van der Waals surface area contributed by atoms with Gasteiger partial charge in [-0.2, -0.15) is 5.10 Å². The molecular formula is C12H11N3O2. The van der Waals surface area contributed by atoms with Gasteiger partial charge in [-0.05, 0) is 25.0 Å². The van der Waals surface area contributed by atoms with Gasteiger partial charge >= 0.3 is 5.97 Å².